The number of hydrogen-bond donors (Lipinski definition) is 3. The van der Waals surface area contributed by atoms with Crippen LogP contribution in [-0.4, -0.2) is 34.1 Å². The largest absolute Gasteiger partial charge is 0.396 e. The van der Waals surface area contributed by atoms with Crippen molar-refractivity contribution in [3.8, 4) is 0 Å². The summed E-state index contributed by atoms with van der Waals surface area (Å²) in [6.45, 7) is 8.89. The molecule has 0 aromatic rings. The van der Waals surface area contributed by atoms with Crippen LogP contribution in [0, 0.1) is 28.6 Å². The normalized spacial score (nSPS) is 52.6. The van der Waals surface area contributed by atoms with Crippen molar-refractivity contribution in [2.24, 2.45) is 28.6 Å². The van der Waals surface area contributed by atoms with Gasteiger partial charge in [-0.25, -0.2) is 0 Å². The Balaban J connectivity index is 1.85. The lowest BCUT2D eigenvalue weighted by molar-refractivity contribution is -0.126. The first-order valence-corrected chi connectivity index (χ1v) is 8.98. The quantitative estimate of drug-likeness (QED) is 0.687. The van der Waals surface area contributed by atoms with E-state index in [2.05, 4.69) is 20.4 Å². The summed E-state index contributed by atoms with van der Waals surface area (Å²) in [5.74, 6) is 0.660. The number of fused-ring (bicyclic) bond motifs is 1. The van der Waals surface area contributed by atoms with Crippen LogP contribution in [0.5, 0.6) is 0 Å². The first kappa shape index (κ1) is 16.5. The highest BCUT2D eigenvalue weighted by Crippen LogP contribution is 2.61. The van der Waals surface area contributed by atoms with Crippen LogP contribution >= 0.6 is 0 Å². The van der Waals surface area contributed by atoms with Crippen LogP contribution in [0.4, 0.5) is 0 Å². The van der Waals surface area contributed by atoms with Crippen molar-refractivity contribution in [2.75, 3.05) is 6.61 Å². The van der Waals surface area contributed by atoms with Crippen molar-refractivity contribution >= 4 is 0 Å². The molecule has 2 unspecified atom stereocenters. The average Bonchev–Trinajstić information content (AvgIpc) is 2.78. The Labute approximate surface area is 134 Å². The topological polar surface area (TPSA) is 60.7 Å². The second kappa shape index (κ2) is 5.61. The molecular formula is C19H32O3. The molecule has 126 valence electrons. The van der Waals surface area contributed by atoms with Crippen LogP contribution in [0.15, 0.2) is 12.2 Å². The molecule has 0 spiro atoms. The second-order valence-electron chi connectivity index (χ2n) is 8.62. The lowest BCUT2D eigenvalue weighted by Gasteiger charge is -2.55. The van der Waals surface area contributed by atoms with Crippen molar-refractivity contribution in [1.29, 1.82) is 0 Å². The van der Waals surface area contributed by atoms with E-state index in [0.29, 0.717) is 12.3 Å². The van der Waals surface area contributed by atoms with Gasteiger partial charge in [-0.05, 0) is 73.5 Å². The molecule has 3 saturated carbocycles. The van der Waals surface area contributed by atoms with E-state index in [-0.39, 0.29) is 41.5 Å². The minimum atomic E-state index is -0.299. The molecular weight excluding hydrogens is 276 g/mol. The fraction of sp³-hybridized carbons (Fsp3) is 0.895. The molecule has 0 aliphatic heterocycles. The summed E-state index contributed by atoms with van der Waals surface area (Å²) in [6, 6.07) is 0. The molecule has 0 bridgehead atoms. The summed E-state index contributed by atoms with van der Waals surface area (Å²) < 4.78 is 0. The summed E-state index contributed by atoms with van der Waals surface area (Å²) >= 11 is 0. The first-order chi connectivity index (χ1) is 10.3. The molecule has 0 heterocycles. The van der Waals surface area contributed by atoms with Crippen molar-refractivity contribution in [1.82, 2.24) is 0 Å². The maximum Gasteiger partial charge on any atom is 0.0610 e. The van der Waals surface area contributed by atoms with E-state index in [9.17, 15) is 15.3 Å². The van der Waals surface area contributed by atoms with E-state index >= 15 is 0 Å². The summed E-state index contributed by atoms with van der Waals surface area (Å²) in [5, 5.41) is 30.9. The predicted molar refractivity (Wildman–Crippen MR) is 87.2 cm³/mol. The minimum Gasteiger partial charge on any atom is -0.396 e. The van der Waals surface area contributed by atoms with E-state index in [1.165, 1.54) is 5.57 Å². The zero-order chi connectivity index (χ0) is 16.1. The molecule has 0 aromatic heterocycles. The Morgan fingerprint density at radius 2 is 1.82 bits per heavy atom. The Kier molecular flexibility index (Phi) is 4.20. The van der Waals surface area contributed by atoms with Gasteiger partial charge < -0.3 is 15.3 Å². The van der Waals surface area contributed by atoms with E-state index in [4.69, 9.17) is 0 Å². The summed E-state index contributed by atoms with van der Waals surface area (Å²) in [7, 11) is 0. The van der Waals surface area contributed by atoms with Crippen LogP contribution < -0.4 is 0 Å². The van der Waals surface area contributed by atoms with Gasteiger partial charge in [0.15, 0.2) is 0 Å². The van der Waals surface area contributed by atoms with Crippen LogP contribution in [0.2, 0.25) is 0 Å². The van der Waals surface area contributed by atoms with Gasteiger partial charge in [0, 0.05) is 6.61 Å². The van der Waals surface area contributed by atoms with E-state index < -0.39 is 0 Å². The standard InChI is InChI=1S/C19H32O3/c1-12-4-5-15-17(22)16(7-9-18(12,15)2)19(3)8-6-14(21)10-13(19)11-20/h13-17,20-22H,1,4-11H2,2-3H3/t13-,14+,15?,16?,17+,18-,19+/m1/s1. The molecule has 3 heteroatoms. The molecule has 0 aromatic carbocycles. The highest BCUT2D eigenvalue weighted by Gasteiger charge is 2.56. The van der Waals surface area contributed by atoms with E-state index in [1.54, 1.807) is 0 Å². The SMILES string of the molecule is C=C1CCC2[C@H](O)C([C@@]3(C)CC[C@H](O)C[C@@H]3CO)CC[C@]12C. The molecule has 3 rings (SSSR count). The van der Waals surface area contributed by atoms with Crippen LogP contribution in [-0.2, 0) is 0 Å². The fourth-order valence-corrected chi connectivity index (χ4v) is 5.90. The molecule has 0 saturated heterocycles. The average molecular weight is 308 g/mol. The van der Waals surface area contributed by atoms with Gasteiger partial charge in [-0.1, -0.05) is 26.0 Å². The molecule has 0 radical (unpaired) electrons. The van der Waals surface area contributed by atoms with Crippen molar-refractivity contribution in [3.63, 3.8) is 0 Å². The molecule has 3 nitrogen and oxygen atoms in total. The van der Waals surface area contributed by atoms with Gasteiger partial charge in [0.2, 0.25) is 0 Å². The highest BCUT2D eigenvalue weighted by molar-refractivity contribution is 5.21. The first-order valence-electron chi connectivity index (χ1n) is 8.98. The van der Waals surface area contributed by atoms with Gasteiger partial charge in [0.05, 0.1) is 12.2 Å². The number of aliphatic hydroxyl groups excluding tert-OH is 3. The molecule has 3 fully saturated rings. The molecule has 7 atom stereocenters. The number of rotatable bonds is 2. The zero-order valence-corrected chi connectivity index (χ0v) is 14.1. The lowest BCUT2D eigenvalue weighted by Crippen LogP contribution is -2.53. The molecule has 0 amide bonds. The van der Waals surface area contributed by atoms with Gasteiger partial charge in [-0.15, -0.1) is 0 Å². The summed E-state index contributed by atoms with van der Waals surface area (Å²) in [5.41, 5.74) is 1.37. The molecule has 3 N–H and O–H groups in total. The fourth-order valence-electron chi connectivity index (χ4n) is 5.90. The summed E-state index contributed by atoms with van der Waals surface area (Å²) in [4.78, 5) is 0. The van der Waals surface area contributed by atoms with Crippen molar-refractivity contribution < 1.29 is 15.3 Å². The molecule has 3 aliphatic carbocycles. The van der Waals surface area contributed by atoms with Crippen LogP contribution in [0.25, 0.3) is 0 Å². The predicted octanol–water partition coefficient (Wildman–Crippen LogP) is 2.89. The second-order valence-corrected chi connectivity index (χ2v) is 8.62. The van der Waals surface area contributed by atoms with Gasteiger partial charge in [-0.2, -0.15) is 0 Å². The smallest absolute Gasteiger partial charge is 0.0610 e. The Hall–Kier alpha value is -0.380. The number of allylic oxidation sites excluding steroid dienone is 1. The Morgan fingerprint density at radius 1 is 1.09 bits per heavy atom. The third-order valence-electron chi connectivity index (χ3n) is 7.76. The van der Waals surface area contributed by atoms with Gasteiger partial charge >= 0.3 is 0 Å². The highest BCUT2D eigenvalue weighted by atomic mass is 16.3. The Bertz CT molecular complexity index is 448. The number of hydrogen-bond acceptors (Lipinski definition) is 3. The van der Waals surface area contributed by atoms with Crippen LogP contribution in [0.1, 0.15) is 58.8 Å². The maximum absolute atomic E-state index is 11.1. The van der Waals surface area contributed by atoms with Gasteiger partial charge in [-0.3, -0.25) is 0 Å². The third-order valence-corrected chi connectivity index (χ3v) is 7.76. The lowest BCUT2D eigenvalue weighted by atomic mass is 9.52. The van der Waals surface area contributed by atoms with Gasteiger partial charge in [0.1, 0.15) is 0 Å². The van der Waals surface area contributed by atoms with Crippen molar-refractivity contribution in [2.45, 2.75) is 71.0 Å². The molecule has 22 heavy (non-hydrogen) atoms. The van der Waals surface area contributed by atoms with E-state index in [1.807, 2.05) is 0 Å². The third kappa shape index (κ3) is 2.28. The molecule has 3 aliphatic rings. The monoisotopic (exact) mass is 308 g/mol. The minimum absolute atomic E-state index is 0.0569. The maximum atomic E-state index is 11.1. The van der Waals surface area contributed by atoms with Gasteiger partial charge in [0.25, 0.3) is 0 Å². The van der Waals surface area contributed by atoms with Crippen LogP contribution in [0.3, 0.4) is 0 Å². The van der Waals surface area contributed by atoms with Crippen molar-refractivity contribution in [3.05, 3.63) is 12.2 Å². The number of aliphatic hydroxyl groups is 3. The van der Waals surface area contributed by atoms with E-state index in [0.717, 1.165) is 38.5 Å². The zero-order valence-electron chi connectivity index (χ0n) is 14.1. The Morgan fingerprint density at radius 3 is 2.50 bits per heavy atom. The summed E-state index contributed by atoms with van der Waals surface area (Å²) in [6.07, 6.45) is 6.00.